The molecule has 1 fully saturated rings. The van der Waals surface area contributed by atoms with Gasteiger partial charge in [0.2, 0.25) is 5.91 Å². The van der Waals surface area contributed by atoms with Crippen LogP contribution < -0.4 is 5.32 Å². The van der Waals surface area contributed by atoms with E-state index >= 15 is 0 Å². The minimum Gasteiger partial charge on any atom is -0.480 e. The monoisotopic (exact) mass is 283 g/mol. The van der Waals surface area contributed by atoms with Crippen molar-refractivity contribution in [1.29, 1.82) is 0 Å². The molecule has 1 amide bonds. The van der Waals surface area contributed by atoms with Gasteiger partial charge in [0, 0.05) is 18.9 Å². The summed E-state index contributed by atoms with van der Waals surface area (Å²) in [4.78, 5) is 22.4. The van der Waals surface area contributed by atoms with E-state index in [1.807, 2.05) is 0 Å². The van der Waals surface area contributed by atoms with Crippen LogP contribution in [0.2, 0.25) is 0 Å². The fourth-order valence-corrected chi connectivity index (χ4v) is 1.91. The fourth-order valence-electron chi connectivity index (χ4n) is 1.91. The Morgan fingerprint density at radius 2 is 2.11 bits per heavy atom. The third-order valence-electron chi connectivity index (χ3n) is 2.88. The molecule has 5 nitrogen and oxygen atoms in total. The maximum absolute atomic E-state index is 12.0. The third-order valence-corrected chi connectivity index (χ3v) is 2.88. The van der Waals surface area contributed by atoms with Crippen LogP contribution in [0.4, 0.5) is 13.2 Å². The number of nitrogens with one attached hydrogen (secondary N) is 1. The van der Waals surface area contributed by atoms with Crippen LogP contribution in [0.1, 0.15) is 25.7 Å². The molecule has 1 heterocycles. The lowest BCUT2D eigenvalue weighted by atomic mass is 9.93. The Hall–Kier alpha value is -1.31. The van der Waals surface area contributed by atoms with Crippen LogP contribution in [0, 0.1) is 5.92 Å². The summed E-state index contributed by atoms with van der Waals surface area (Å²) in [7, 11) is 0. The standard InChI is InChI=1S/C11H16F3NO4/c12-11(13,14)4-3-8(16)15-9(10(17)18)7-2-1-5-19-6-7/h7,9H,1-6H2,(H,15,16)(H,17,18). The lowest BCUT2D eigenvalue weighted by Gasteiger charge is -2.28. The number of carbonyl (C=O) groups is 2. The van der Waals surface area contributed by atoms with Crippen molar-refractivity contribution in [2.45, 2.75) is 37.9 Å². The largest absolute Gasteiger partial charge is 0.480 e. The predicted molar refractivity (Wildman–Crippen MR) is 58.4 cm³/mol. The molecular formula is C11H16F3NO4. The Morgan fingerprint density at radius 1 is 1.42 bits per heavy atom. The van der Waals surface area contributed by atoms with Gasteiger partial charge in [0.15, 0.2) is 0 Å². The number of ether oxygens (including phenoxy) is 1. The highest BCUT2D eigenvalue weighted by Gasteiger charge is 2.33. The number of halogens is 3. The first kappa shape index (κ1) is 15.7. The minimum absolute atomic E-state index is 0.191. The van der Waals surface area contributed by atoms with Crippen LogP contribution in [0.15, 0.2) is 0 Å². The summed E-state index contributed by atoms with van der Waals surface area (Å²) in [6, 6.07) is -1.19. The van der Waals surface area contributed by atoms with Crippen molar-refractivity contribution < 1.29 is 32.6 Å². The molecule has 1 aliphatic heterocycles. The van der Waals surface area contributed by atoms with Gasteiger partial charge >= 0.3 is 12.1 Å². The van der Waals surface area contributed by atoms with Gasteiger partial charge in [0.05, 0.1) is 13.0 Å². The summed E-state index contributed by atoms with van der Waals surface area (Å²) in [5, 5.41) is 11.2. The van der Waals surface area contributed by atoms with E-state index in [1.54, 1.807) is 0 Å². The van der Waals surface area contributed by atoms with Gasteiger partial charge in [-0.15, -0.1) is 0 Å². The summed E-state index contributed by atoms with van der Waals surface area (Å²) in [5.41, 5.74) is 0. The molecule has 0 aromatic carbocycles. The number of rotatable bonds is 5. The van der Waals surface area contributed by atoms with E-state index in [0.29, 0.717) is 19.4 Å². The average molecular weight is 283 g/mol. The first-order chi connectivity index (χ1) is 8.79. The van der Waals surface area contributed by atoms with E-state index in [9.17, 15) is 22.8 Å². The number of carboxylic acid groups (broad SMARTS) is 1. The Bertz CT molecular complexity index is 326. The first-order valence-electron chi connectivity index (χ1n) is 5.96. The zero-order valence-corrected chi connectivity index (χ0v) is 10.2. The fraction of sp³-hybridized carbons (Fsp3) is 0.818. The molecule has 0 saturated carbocycles. The Balaban J connectivity index is 2.48. The lowest BCUT2D eigenvalue weighted by Crippen LogP contribution is -2.48. The summed E-state index contributed by atoms with van der Waals surface area (Å²) in [5.74, 6) is -2.56. The number of aliphatic carboxylic acids is 1. The van der Waals surface area contributed by atoms with E-state index in [-0.39, 0.29) is 6.61 Å². The van der Waals surface area contributed by atoms with E-state index in [1.165, 1.54) is 0 Å². The number of carboxylic acids is 1. The number of hydrogen-bond donors (Lipinski definition) is 2. The van der Waals surface area contributed by atoms with Crippen molar-refractivity contribution in [3.8, 4) is 0 Å². The topological polar surface area (TPSA) is 75.6 Å². The number of amides is 1. The molecule has 1 saturated heterocycles. The lowest BCUT2D eigenvalue weighted by molar-refractivity contribution is -0.148. The molecular weight excluding hydrogens is 267 g/mol. The van der Waals surface area contributed by atoms with Crippen LogP contribution >= 0.6 is 0 Å². The van der Waals surface area contributed by atoms with Crippen molar-refractivity contribution in [2.24, 2.45) is 5.92 Å². The molecule has 0 aromatic rings. The predicted octanol–water partition coefficient (Wildman–Crippen LogP) is 1.32. The van der Waals surface area contributed by atoms with Crippen LogP contribution in [0.3, 0.4) is 0 Å². The SMILES string of the molecule is O=C(CCC(F)(F)F)NC(C(=O)O)C1CCCOC1. The highest BCUT2D eigenvalue weighted by molar-refractivity contribution is 5.83. The van der Waals surface area contributed by atoms with Gasteiger partial charge in [-0.1, -0.05) is 0 Å². The summed E-state index contributed by atoms with van der Waals surface area (Å²) in [6.45, 7) is 0.724. The van der Waals surface area contributed by atoms with Crippen molar-refractivity contribution in [3.63, 3.8) is 0 Å². The zero-order chi connectivity index (χ0) is 14.5. The van der Waals surface area contributed by atoms with Gasteiger partial charge in [-0.05, 0) is 12.8 Å². The van der Waals surface area contributed by atoms with Crippen LogP contribution in [-0.2, 0) is 14.3 Å². The Kier molecular flexibility index (Phi) is 5.59. The van der Waals surface area contributed by atoms with Gasteiger partial charge in [-0.2, -0.15) is 13.2 Å². The molecule has 0 aromatic heterocycles. The highest BCUT2D eigenvalue weighted by Crippen LogP contribution is 2.22. The smallest absolute Gasteiger partial charge is 0.389 e. The second-order valence-corrected chi connectivity index (χ2v) is 4.48. The second-order valence-electron chi connectivity index (χ2n) is 4.48. The molecule has 0 radical (unpaired) electrons. The molecule has 1 aliphatic rings. The van der Waals surface area contributed by atoms with Gasteiger partial charge in [0.1, 0.15) is 6.04 Å². The molecule has 0 aliphatic carbocycles. The summed E-state index contributed by atoms with van der Waals surface area (Å²) in [6.07, 6.45) is -5.21. The Labute approximate surface area is 108 Å². The van der Waals surface area contributed by atoms with Gasteiger partial charge < -0.3 is 15.2 Å². The average Bonchev–Trinajstić information content (AvgIpc) is 2.33. The van der Waals surface area contributed by atoms with Crippen LogP contribution in [0.5, 0.6) is 0 Å². The number of alkyl halides is 3. The van der Waals surface area contributed by atoms with Crippen molar-refractivity contribution in [1.82, 2.24) is 5.32 Å². The Morgan fingerprint density at radius 3 is 2.58 bits per heavy atom. The van der Waals surface area contributed by atoms with Gasteiger partial charge in [-0.3, -0.25) is 4.79 Å². The maximum Gasteiger partial charge on any atom is 0.389 e. The van der Waals surface area contributed by atoms with Crippen molar-refractivity contribution in [2.75, 3.05) is 13.2 Å². The van der Waals surface area contributed by atoms with Crippen LogP contribution in [-0.4, -0.2) is 42.4 Å². The first-order valence-corrected chi connectivity index (χ1v) is 5.96. The van der Waals surface area contributed by atoms with Gasteiger partial charge in [-0.25, -0.2) is 4.79 Å². The maximum atomic E-state index is 12.0. The molecule has 19 heavy (non-hydrogen) atoms. The molecule has 2 atom stereocenters. The van der Waals surface area contributed by atoms with E-state index in [0.717, 1.165) is 0 Å². The van der Waals surface area contributed by atoms with E-state index in [2.05, 4.69) is 5.32 Å². The third kappa shape index (κ3) is 5.91. The molecule has 2 N–H and O–H groups in total. The second kappa shape index (κ2) is 6.74. The van der Waals surface area contributed by atoms with E-state index in [4.69, 9.17) is 9.84 Å². The molecule has 0 bridgehead atoms. The summed E-state index contributed by atoms with van der Waals surface area (Å²) < 4.78 is 41.0. The molecule has 0 spiro atoms. The number of hydrogen-bond acceptors (Lipinski definition) is 3. The summed E-state index contributed by atoms with van der Waals surface area (Å²) >= 11 is 0. The van der Waals surface area contributed by atoms with Crippen molar-refractivity contribution >= 4 is 11.9 Å². The highest BCUT2D eigenvalue weighted by atomic mass is 19.4. The normalized spacial score (nSPS) is 21.7. The molecule has 2 unspecified atom stereocenters. The zero-order valence-electron chi connectivity index (χ0n) is 10.2. The van der Waals surface area contributed by atoms with Crippen molar-refractivity contribution in [3.05, 3.63) is 0 Å². The van der Waals surface area contributed by atoms with Gasteiger partial charge in [0.25, 0.3) is 0 Å². The molecule has 110 valence electrons. The van der Waals surface area contributed by atoms with Crippen LogP contribution in [0.25, 0.3) is 0 Å². The molecule has 1 rings (SSSR count). The minimum atomic E-state index is -4.43. The van der Waals surface area contributed by atoms with E-state index < -0.39 is 42.9 Å². The molecule has 8 heteroatoms. The quantitative estimate of drug-likeness (QED) is 0.798. The number of carbonyl (C=O) groups excluding carboxylic acids is 1.